The van der Waals surface area contributed by atoms with E-state index in [1.165, 1.54) is 6.07 Å². The second-order valence-electron chi connectivity index (χ2n) is 3.97. The number of benzene rings is 1. The van der Waals surface area contributed by atoms with Gasteiger partial charge in [0.15, 0.2) is 0 Å². The van der Waals surface area contributed by atoms with E-state index in [2.05, 4.69) is 5.32 Å². The van der Waals surface area contributed by atoms with Gasteiger partial charge in [-0.15, -0.1) is 0 Å². The van der Waals surface area contributed by atoms with Crippen LogP contribution in [0.15, 0.2) is 18.2 Å². The van der Waals surface area contributed by atoms with Gasteiger partial charge in [0.1, 0.15) is 5.69 Å². The molecule has 6 heteroatoms. The zero-order chi connectivity index (χ0) is 13.5. The minimum Gasteiger partial charge on any atom is -0.382 e. The molecule has 0 bridgehead atoms. The highest BCUT2D eigenvalue weighted by atomic mass is 16.6. The molecule has 0 heterocycles. The molecule has 1 aromatic rings. The normalized spacial score (nSPS) is 12.2. The molecule has 0 saturated carbocycles. The Hall–Kier alpha value is -1.66. The zero-order valence-electron chi connectivity index (χ0n) is 10.8. The summed E-state index contributed by atoms with van der Waals surface area (Å²) in [5, 5.41) is 13.9. The van der Waals surface area contributed by atoms with E-state index in [1.807, 2.05) is 6.92 Å². The Bertz CT molecular complexity index is 409. The summed E-state index contributed by atoms with van der Waals surface area (Å²) in [4.78, 5) is 10.5. The minimum atomic E-state index is -0.403. The third-order valence-electron chi connectivity index (χ3n) is 2.55. The smallest absolute Gasteiger partial charge is 0.292 e. The average molecular weight is 254 g/mol. The highest BCUT2D eigenvalue weighted by Crippen LogP contribution is 2.25. The van der Waals surface area contributed by atoms with Crippen molar-refractivity contribution in [2.75, 3.05) is 32.7 Å². The Kier molecular flexibility index (Phi) is 5.54. The van der Waals surface area contributed by atoms with Crippen LogP contribution >= 0.6 is 0 Å². The van der Waals surface area contributed by atoms with Crippen LogP contribution in [0.2, 0.25) is 0 Å². The van der Waals surface area contributed by atoms with Crippen LogP contribution in [0, 0.1) is 17.0 Å². The Morgan fingerprint density at radius 2 is 2.17 bits per heavy atom. The van der Waals surface area contributed by atoms with Crippen LogP contribution in [0.25, 0.3) is 0 Å². The number of hydrogen-bond acceptors (Lipinski definition) is 5. The molecule has 0 aliphatic carbocycles. The lowest BCUT2D eigenvalue weighted by molar-refractivity contribution is -0.384. The average Bonchev–Trinajstić information content (AvgIpc) is 2.34. The van der Waals surface area contributed by atoms with Gasteiger partial charge in [-0.1, -0.05) is 6.07 Å². The van der Waals surface area contributed by atoms with Crippen molar-refractivity contribution < 1.29 is 14.4 Å². The standard InChI is InChI=1S/C12H18N2O4/c1-9-4-5-12(14(15)16)11(6-9)13-7-10(18-3)8-17-2/h4-6,10,13H,7-8H2,1-3H3. The Balaban J connectivity index is 2.76. The summed E-state index contributed by atoms with van der Waals surface area (Å²) < 4.78 is 10.2. The first-order valence-corrected chi connectivity index (χ1v) is 5.59. The van der Waals surface area contributed by atoms with Crippen molar-refractivity contribution in [3.05, 3.63) is 33.9 Å². The number of methoxy groups -OCH3 is 2. The van der Waals surface area contributed by atoms with Gasteiger partial charge < -0.3 is 14.8 Å². The molecule has 0 amide bonds. The molecule has 100 valence electrons. The summed E-state index contributed by atoms with van der Waals surface area (Å²) in [5.74, 6) is 0. The van der Waals surface area contributed by atoms with E-state index in [0.717, 1.165) is 5.56 Å². The molecule has 0 fully saturated rings. The molecule has 1 N–H and O–H groups in total. The maximum absolute atomic E-state index is 10.9. The summed E-state index contributed by atoms with van der Waals surface area (Å²) in [6.07, 6.45) is -0.143. The molecule has 0 aliphatic heterocycles. The maximum Gasteiger partial charge on any atom is 0.292 e. The number of nitro benzene ring substituents is 1. The van der Waals surface area contributed by atoms with Crippen LogP contribution in [-0.2, 0) is 9.47 Å². The highest BCUT2D eigenvalue weighted by molar-refractivity contribution is 5.62. The van der Waals surface area contributed by atoms with Gasteiger partial charge >= 0.3 is 0 Å². The largest absolute Gasteiger partial charge is 0.382 e. The van der Waals surface area contributed by atoms with E-state index in [4.69, 9.17) is 9.47 Å². The molecule has 0 radical (unpaired) electrons. The Morgan fingerprint density at radius 1 is 1.44 bits per heavy atom. The molecule has 0 spiro atoms. The van der Waals surface area contributed by atoms with E-state index in [1.54, 1.807) is 26.4 Å². The number of hydrogen-bond donors (Lipinski definition) is 1. The predicted molar refractivity (Wildman–Crippen MR) is 69.0 cm³/mol. The molecular formula is C12H18N2O4. The minimum absolute atomic E-state index is 0.0628. The molecule has 0 aromatic heterocycles. The van der Waals surface area contributed by atoms with Crippen LogP contribution in [0.1, 0.15) is 5.56 Å². The van der Waals surface area contributed by atoms with Gasteiger partial charge in [-0.05, 0) is 18.6 Å². The third-order valence-corrected chi connectivity index (χ3v) is 2.55. The van der Waals surface area contributed by atoms with Crippen molar-refractivity contribution in [2.45, 2.75) is 13.0 Å². The molecule has 1 aromatic carbocycles. The first kappa shape index (κ1) is 14.4. The molecule has 18 heavy (non-hydrogen) atoms. The summed E-state index contributed by atoms with van der Waals surface area (Å²) in [7, 11) is 3.16. The van der Waals surface area contributed by atoms with Gasteiger partial charge in [-0.2, -0.15) is 0 Å². The highest BCUT2D eigenvalue weighted by Gasteiger charge is 2.15. The molecule has 1 rings (SSSR count). The number of aryl methyl sites for hydroxylation is 1. The number of nitro groups is 1. The molecule has 0 saturated heterocycles. The summed E-state index contributed by atoms with van der Waals surface area (Å²) in [6, 6.07) is 4.96. The van der Waals surface area contributed by atoms with Crippen molar-refractivity contribution in [1.82, 2.24) is 0 Å². The topological polar surface area (TPSA) is 73.6 Å². The fraction of sp³-hybridized carbons (Fsp3) is 0.500. The van der Waals surface area contributed by atoms with Crippen molar-refractivity contribution >= 4 is 11.4 Å². The van der Waals surface area contributed by atoms with E-state index in [-0.39, 0.29) is 11.8 Å². The second kappa shape index (κ2) is 6.93. The number of anilines is 1. The van der Waals surface area contributed by atoms with E-state index in [9.17, 15) is 10.1 Å². The SMILES string of the molecule is COCC(CNc1cc(C)ccc1[N+](=O)[O-])OC. The van der Waals surface area contributed by atoms with Crippen LogP contribution in [0.5, 0.6) is 0 Å². The van der Waals surface area contributed by atoms with E-state index < -0.39 is 4.92 Å². The lowest BCUT2D eigenvalue weighted by Gasteiger charge is -2.16. The number of nitrogens with one attached hydrogen (secondary N) is 1. The van der Waals surface area contributed by atoms with Gasteiger partial charge in [0, 0.05) is 26.8 Å². The fourth-order valence-corrected chi connectivity index (χ4v) is 1.57. The van der Waals surface area contributed by atoms with Crippen molar-refractivity contribution in [1.29, 1.82) is 0 Å². The zero-order valence-corrected chi connectivity index (χ0v) is 10.8. The van der Waals surface area contributed by atoms with E-state index >= 15 is 0 Å². The molecule has 1 unspecified atom stereocenters. The lowest BCUT2D eigenvalue weighted by atomic mass is 10.2. The first-order valence-electron chi connectivity index (χ1n) is 5.59. The quantitative estimate of drug-likeness (QED) is 0.595. The Morgan fingerprint density at radius 3 is 2.72 bits per heavy atom. The van der Waals surface area contributed by atoms with Gasteiger partial charge in [-0.3, -0.25) is 10.1 Å². The van der Waals surface area contributed by atoms with Crippen molar-refractivity contribution in [3.63, 3.8) is 0 Å². The summed E-state index contributed by atoms with van der Waals surface area (Å²) in [6.45, 7) is 2.77. The fourth-order valence-electron chi connectivity index (χ4n) is 1.57. The number of ether oxygens (including phenoxy) is 2. The van der Waals surface area contributed by atoms with Crippen LogP contribution in [0.4, 0.5) is 11.4 Å². The maximum atomic E-state index is 10.9. The Labute approximate surface area is 106 Å². The molecule has 0 aliphatic rings. The van der Waals surface area contributed by atoms with Gasteiger partial charge in [0.25, 0.3) is 5.69 Å². The van der Waals surface area contributed by atoms with Gasteiger partial charge in [-0.25, -0.2) is 0 Å². The van der Waals surface area contributed by atoms with Crippen molar-refractivity contribution in [3.8, 4) is 0 Å². The first-order chi connectivity index (χ1) is 8.58. The van der Waals surface area contributed by atoms with Crippen LogP contribution in [-0.4, -0.2) is 38.4 Å². The second-order valence-corrected chi connectivity index (χ2v) is 3.97. The predicted octanol–water partition coefficient (Wildman–Crippen LogP) is 1.98. The summed E-state index contributed by atoms with van der Waals surface area (Å²) in [5.41, 5.74) is 1.52. The van der Waals surface area contributed by atoms with Gasteiger partial charge in [0.2, 0.25) is 0 Å². The number of nitrogens with zero attached hydrogens (tertiary/aromatic N) is 1. The van der Waals surface area contributed by atoms with Crippen LogP contribution < -0.4 is 5.32 Å². The van der Waals surface area contributed by atoms with E-state index in [0.29, 0.717) is 18.8 Å². The van der Waals surface area contributed by atoms with Crippen LogP contribution in [0.3, 0.4) is 0 Å². The molecular weight excluding hydrogens is 236 g/mol. The third kappa shape index (κ3) is 3.97. The van der Waals surface area contributed by atoms with Crippen molar-refractivity contribution in [2.24, 2.45) is 0 Å². The van der Waals surface area contributed by atoms with Gasteiger partial charge in [0.05, 0.1) is 17.6 Å². The molecule has 1 atom stereocenters. The summed E-state index contributed by atoms with van der Waals surface area (Å²) >= 11 is 0. The lowest BCUT2D eigenvalue weighted by Crippen LogP contribution is -2.26. The monoisotopic (exact) mass is 254 g/mol. The molecule has 6 nitrogen and oxygen atoms in total. The number of rotatable bonds is 7.